The third-order valence-electron chi connectivity index (χ3n) is 5.43. The minimum absolute atomic E-state index is 0.0817. The van der Waals surface area contributed by atoms with E-state index in [0.717, 1.165) is 12.1 Å². The van der Waals surface area contributed by atoms with Crippen molar-refractivity contribution in [1.29, 1.82) is 0 Å². The summed E-state index contributed by atoms with van der Waals surface area (Å²) in [5.74, 6) is -10.7. The molecular formula is C21H13Cl5F6N2O2. The van der Waals surface area contributed by atoms with Gasteiger partial charge in [0.1, 0.15) is 4.33 Å². The number of carbonyl (C=O) groups is 2. The summed E-state index contributed by atoms with van der Waals surface area (Å²) < 4.78 is 77.5. The van der Waals surface area contributed by atoms with Crippen molar-refractivity contribution in [3.63, 3.8) is 0 Å². The van der Waals surface area contributed by atoms with Gasteiger partial charge in [-0.3, -0.25) is 9.59 Å². The largest absolute Gasteiger partial charge is 0.457 e. The molecule has 0 spiro atoms. The van der Waals surface area contributed by atoms with Gasteiger partial charge in [-0.05, 0) is 48.9 Å². The molecule has 3 unspecified atom stereocenters. The van der Waals surface area contributed by atoms with Gasteiger partial charge in [-0.2, -0.15) is 22.0 Å². The van der Waals surface area contributed by atoms with Gasteiger partial charge in [0, 0.05) is 21.7 Å². The van der Waals surface area contributed by atoms with Crippen molar-refractivity contribution < 1.29 is 35.9 Å². The first-order valence-corrected chi connectivity index (χ1v) is 11.6. The highest BCUT2D eigenvalue weighted by Crippen LogP contribution is 2.65. The van der Waals surface area contributed by atoms with Gasteiger partial charge < -0.3 is 10.6 Å². The Kier molecular flexibility index (Phi) is 7.74. The normalized spacial score (nSPS) is 20.9. The van der Waals surface area contributed by atoms with Gasteiger partial charge in [-0.1, -0.05) is 34.8 Å². The highest BCUT2D eigenvalue weighted by Gasteiger charge is 2.72. The zero-order chi connectivity index (χ0) is 27.4. The molecule has 2 N–H and O–H groups in total. The Balaban J connectivity index is 1.79. The smallest absolute Gasteiger partial charge is 0.326 e. The second-order valence-corrected chi connectivity index (χ2v) is 10.8. The molecule has 0 heterocycles. The molecular weight excluding hydrogens is 603 g/mol. The van der Waals surface area contributed by atoms with Gasteiger partial charge in [0.2, 0.25) is 5.91 Å². The van der Waals surface area contributed by atoms with Crippen LogP contribution in [0.3, 0.4) is 0 Å². The van der Waals surface area contributed by atoms with E-state index in [1.54, 1.807) is 5.32 Å². The molecule has 0 aromatic heterocycles. The molecule has 4 nitrogen and oxygen atoms in total. The van der Waals surface area contributed by atoms with Gasteiger partial charge in [0.15, 0.2) is 0 Å². The average molecular weight is 617 g/mol. The van der Waals surface area contributed by atoms with Crippen molar-refractivity contribution in [1.82, 2.24) is 0 Å². The number of nitrogens with one attached hydrogen (secondary N) is 2. The molecule has 0 bridgehead atoms. The number of alkyl halides is 8. The van der Waals surface area contributed by atoms with Crippen LogP contribution in [-0.2, 0) is 9.59 Å². The molecule has 1 aliphatic rings. The maximum Gasteiger partial charge on any atom is 0.457 e. The second-order valence-electron chi connectivity index (χ2n) is 8.05. The van der Waals surface area contributed by atoms with Crippen LogP contribution in [0.1, 0.15) is 18.4 Å². The fraction of sp³-hybridized carbons (Fsp3) is 0.333. The highest BCUT2D eigenvalue weighted by atomic mass is 35.5. The van der Waals surface area contributed by atoms with Crippen LogP contribution in [0.5, 0.6) is 0 Å². The zero-order valence-corrected chi connectivity index (χ0v) is 21.4. The lowest BCUT2D eigenvalue weighted by Crippen LogP contribution is -2.58. The molecule has 0 radical (unpaired) electrons. The standard InChI is InChI=1S/C21H13Cl5F6N2O2/c1-18(27,20(28,29)21(30,31)32)17(36)34-13-7-11(2-3-12(13)24)33-16(35)15-14(19(15,25)26)8-4-9(22)6-10(23)5-8/h2-7,14-15H,1H3,(H,33,35)(H,34,36). The first kappa shape index (κ1) is 29.0. The number of amides is 2. The molecule has 2 aromatic rings. The van der Waals surface area contributed by atoms with Crippen LogP contribution >= 0.6 is 58.0 Å². The molecule has 2 aromatic carbocycles. The van der Waals surface area contributed by atoms with Crippen LogP contribution in [0.4, 0.5) is 37.7 Å². The topological polar surface area (TPSA) is 58.2 Å². The van der Waals surface area contributed by atoms with Crippen LogP contribution in [-0.4, -0.2) is 33.9 Å². The van der Waals surface area contributed by atoms with Gasteiger partial charge in [0.05, 0.1) is 16.6 Å². The van der Waals surface area contributed by atoms with E-state index >= 15 is 0 Å². The summed E-state index contributed by atoms with van der Waals surface area (Å²) in [7, 11) is 0. The SMILES string of the molecule is CC(F)(C(=O)Nc1cc(NC(=O)C2C(c3cc(Cl)cc(Cl)c3)C2(Cl)Cl)ccc1Cl)C(F)(F)C(F)(F)F. The molecule has 3 rings (SSSR count). The maximum atomic E-state index is 14.3. The van der Waals surface area contributed by atoms with Crippen molar-refractivity contribution in [3.05, 3.63) is 57.0 Å². The summed E-state index contributed by atoms with van der Waals surface area (Å²) in [6, 6.07) is 7.74. The van der Waals surface area contributed by atoms with E-state index < -0.39 is 51.4 Å². The molecule has 1 saturated carbocycles. The molecule has 196 valence electrons. The monoisotopic (exact) mass is 614 g/mol. The lowest BCUT2D eigenvalue weighted by molar-refractivity contribution is -0.317. The molecule has 0 aliphatic heterocycles. The van der Waals surface area contributed by atoms with E-state index in [1.807, 2.05) is 0 Å². The van der Waals surface area contributed by atoms with Gasteiger partial charge in [-0.15, -0.1) is 23.2 Å². The summed E-state index contributed by atoms with van der Waals surface area (Å²) in [5.41, 5.74) is -4.82. The predicted octanol–water partition coefficient (Wildman–Crippen LogP) is 8.04. The van der Waals surface area contributed by atoms with E-state index in [9.17, 15) is 35.9 Å². The van der Waals surface area contributed by atoms with E-state index in [0.29, 0.717) is 5.56 Å². The Morgan fingerprint density at radius 3 is 1.97 bits per heavy atom. The van der Waals surface area contributed by atoms with E-state index in [1.165, 1.54) is 24.3 Å². The van der Waals surface area contributed by atoms with Gasteiger partial charge in [-0.25, -0.2) is 4.39 Å². The fourth-order valence-electron chi connectivity index (χ4n) is 3.39. The number of carbonyl (C=O) groups excluding carboxylic acids is 2. The molecule has 2 amide bonds. The third kappa shape index (κ3) is 5.34. The lowest BCUT2D eigenvalue weighted by Gasteiger charge is -2.30. The third-order valence-corrected chi connectivity index (χ3v) is 7.14. The van der Waals surface area contributed by atoms with E-state index in [2.05, 4.69) is 5.32 Å². The van der Waals surface area contributed by atoms with Crippen LogP contribution in [0.15, 0.2) is 36.4 Å². The molecule has 36 heavy (non-hydrogen) atoms. The molecule has 0 saturated heterocycles. The Morgan fingerprint density at radius 2 is 1.44 bits per heavy atom. The number of benzene rings is 2. The van der Waals surface area contributed by atoms with Crippen molar-refractivity contribution in [2.75, 3.05) is 10.6 Å². The van der Waals surface area contributed by atoms with Crippen LogP contribution < -0.4 is 10.6 Å². The van der Waals surface area contributed by atoms with Gasteiger partial charge in [0.25, 0.3) is 11.6 Å². The van der Waals surface area contributed by atoms with Crippen LogP contribution in [0, 0.1) is 5.92 Å². The predicted molar refractivity (Wildman–Crippen MR) is 126 cm³/mol. The number of hydrogen-bond donors (Lipinski definition) is 2. The Bertz CT molecular complexity index is 1200. The summed E-state index contributed by atoms with van der Waals surface area (Å²) in [6.07, 6.45) is -6.34. The van der Waals surface area contributed by atoms with Crippen molar-refractivity contribution >= 4 is 81.2 Å². The van der Waals surface area contributed by atoms with Crippen LogP contribution in [0.25, 0.3) is 0 Å². The quantitative estimate of drug-likeness (QED) is 0.255. The van der Waals surface area contributed by atoms with E-state index in [-0.39, 0.29) is 27.7 Å². The van der Waals surface area contributed by atoms with E-state index in [4.69, 9.17) is 58.0 Å². The van der Waals surface area contributed by atoms with Crippen LogP contribution in [0.2, 0.25) is 15.1 Å². The minimum atomic E-state index is -6.34. The Labute approximate surface area is 225 Å². The van der Waals surface area contributed by atoms with Crippen molar-refractivity contribution in [2.24, 2.45) is 5.92 Å². The lowest BCUT2D eigenvalue weighted by atomic mass is 9.98. The Hall–Kier alpha value is -1.59. The zero-order valence-electron chi connectivity index (χ0n) is 17.6. The number of halogens is 11. The fourth-order valence-corrected chi connectivity index (χ4v) is 4.93. The summed E-state index contributed by atoms with van der Waals surface area (Å²) in [5, 5.41) is 4.23. The Morgan fingerprint density at radius 1 is 0.889 bits per heavy atom. The number of hydrogen-bond acceptors (Lipinski definition) is 2. The number of rotatable bonds is 6. The molecule has 1 fully saturated rings. The highest BCUT2D eigenvalue weighted by molar-refractivity contribution is 6.53. The first-order valence-electron chi connectivity index (χ1n) is 9.70. The molecule has 15 heteroatoms. The van der Waals surface area contributed by atoms with Crippen molar-refractivity contribution in [3.8, 4) is 0 Å². The number of anilines is 2. The maximum absolute atomic E-state index is 14.3. The average Bonchev–Trinajstić information content (AvgIpc) is 3.30. The summed E-state index contributed by atoms with van der Waals surface area (Å²) in [4.78, 5) is 24.8. The first-order chi connectivity index (χ1) is 16.3. The van der Waals surface area contributed by atoms with Gasteiger partial charge >= 0.3 is 12.1 Å². The molecule has 3 atom stereocenters. The summed E-state index contributed by atoms with van der Waals surface area (Å²) in [6.45, 7) is -0.217. The summed E-state index contributed by atoms with van der Waals surface area (Å²) >= 11 is 30.3. The minimum Gasteiger partial charge on any atom is -0.326 e. The second kappa shape index (κ2) is 9.62. The molecule has 1 aliphatic carbocycles. The van der Waals surface area contributed by atoms with Crippen molar-refractivity contribution in [2.45, 2.75) is 34.9 Å².